The Morgan fingerprint density at radius 3 is 3.20 bits per heavy atom. The first-order chi connectivity index (χ1) is 7.31. The van der Waals surface area contributed by atoms with Crippen molar-refractivity contribution in [3.05, 3.63) is 29.3 Å². The van der Waals surface area contributed by atoms with Gasteiger partial charge in [0.2, 0.25) is 0 Å². The average Bonchev–Trinajstić information content (AvgIpc) is 2.61. The Bertz CT molecular complexity index is 395. The Labute approximate surface area is 89.4 Å². The monoisotopic (exact) mass is 202 g/mol. The van der Waals surface area contributed by atoms with Crippen molar-refractivity contribution in [2.45, 2.75) is 25.3 Å². The number of hydrogen-bond donors (Lipinski definition) is 2. The van der Waals surface area contributed by atoms with Crippen molar-refractivity contribution in [3.8, 4) is 11.8 Å². The van der Waals surface area contributed by atoms with Gasteiger partial charge in [-0.1, -0.05) is 6.07 Å². The van der Waals surface area contributed by atoms with E-state index in [2.05, 4.69) is 11.4 Å². The van der Waals surface area contributed by atoms with Crippen LogP contribution in [0, 0.1) is 11.3 Å². The van der Waals surface area contributed by atoms with Crippen LogP contribution in [0.2, 0.25) is 0 Å². The van der Waals surface area contributed by atoms with E-state index in [9.17, 15) is 5.11 Å². The molecule has 0 saturated heterocycles. The van der Waals surface area contributed by atoms with Crippen molar-refractivity contribution < 1.29 is 5.11 Å². The van der Waals surface area contributed by atoms with E-state index in [4.69, 9.17) is 5.26 Å². The predicted octanol–water partition coefficient (Wildman–Crippen LogP) is 1.88. The van der Waals surface area contributed by atoms with Crippen molar-refractivity contribution in [2.75, 3.05) is 6.54 Å². The summed E-state index contributed by atoms with van der Waals surface area (Å²) in [7, 11) is 0. The summed E-state index contributed by atoms with van der Waals surface area (Å²) < 4.78 is 0. The molecule has 1 atom stereocenters. The molecule has 15 heavy (non-hydrogen) atoms. The van der Waals surface area contributed by atoms with E-state index in [1.54, 1.807) is 6.07 Å². The fourth-order valence-electron chi connectivity index (χ4n) is 2.12. The van der Waals surface area contributed by atoms with Crippen molar-refractivity contribution >= 4 is 0 Å². The van der Waals surface area contributed by atoms with Gasteiger partial charge in [0, 0.05) is 19.0 Å². The van der Waals surface area contributed by atoms with Gasteiger partial charge in [-0.25, -0.2) is 0 Å². The number of phenolic OH excluding ortho intramolecular Hbond substituents is 1. The van der Waals surface area contributed by atoms with Gasteiger partial charge in [0.25, 0.3) is 0 Å². The van der Waals surface area contributed by atoms with E-state index in [1.165, 1.54) is 11.1 Å². The summed E-state index contributed by atoms with van der Waals surface area (Å²) in [6.07, 6.45) is 2.61. The van der Waals surface area contributed by atoms with Gasteiger partial charge >= 0.3 is 0 Å². The highest BCUT2D eigenvalue weighted by Crippen LogP contribution is 2.32. The van der Waals surface area contributed by atoms with E-state index in [-0.39, 0.29) is 0 Å². The highest BCUT2D eigenvalue weighted by Gasteiger charge is 2.21. The second-order valence-corrected chi connectivity index (χ2v) is 3.84. The van der Waals surface area contributed by atoms with Crippen LogP contribution in [0.1, 0.15) is 30.0 Å². The molecule has 1 aromatic rings. The molecule has 2 N–H and O–H groups in total. The van der Waals surface area contributed by atoms with Crippen LogP contribution >= 0.6 is 0 Å². The van der Waals surface area contributed by atoms with Crippen LogP contribution < -0.4 is 5.32 Å². The third kappa shape index (κ3) is 2.11. The Balaban J connectivity index is 2.05. The zero-order valence-corrected chi connectivity index (χ0v) is 8.53. The zero-order valence-electron chi connectivity index (χ0n) is 8.53. The normalized spacial score (nSPS) is 18.5. The number of aryl methyl sites for hydroxylation is 1. The largest absolute Gasteiger partial charge is 0.508 e. The lowest BCUT2D eigenvalue weighted by atomic mass is 10.1. The summed E-state index contributed by atoms with van der Waals surface area (Å²) >= 11 is 0. The molecule has 0 radical (unpaired) electrons. The Morgan fingerprint density at radius 1 is 1.53 bits per heavy atom. The van der Waals surface area contributed by atoms with Crippen LogP contribution in [-0.4, -0.2) is 11.7 Å². The SMILES string of the molecule is N#CCCNC1CCc2cc(O)ccc21. The fourth-order valence-corrected chi connectivity index (χ4v) is 2.12. The number of nitrogens with one attached hydrogen (secondary N) is 1. The standard InChI is InChI=1S/C12H14N2O/c13-6-1-7-14-12-5-2-9-8-10(15)3-4-11(9)12/h3-4,8,12,14-15H,1-2,5,7H2. The Hall–Kier alpha value is -1.53. The summed E-state index contributed by atoms with van der Waals surface area (Å²) in [5.74, 6) is 0.339. The molecule has 1 aromatic carbocycles. The smallest absolute Gasteiger partial charge is 0.115 e. The van der Waals surface area contributed by atoms with Crippen LogP contribution in [-0.2, 0) is 6.42 Å². The molecule has 3 heteroatoms. The second kappa shape index (κ2) is 4.33. The summed E-state index contributed by atoms with van der Waals surface area (Å²) in [6, 6.07) is 8.01. The number of rotatable bonds is 3. The molecular formula is C12H14N2O. The van der Waals surface area contributed by atoms with Gasteiger partial charge in [0.15, 0.2) is 0 Å². The highest BCUT2D eigenvalue weighted by atomic mass is 16.3. The van der Waals surface area contributed by atoms with Gasteiger partial charge in [-0.15, -0.1) is 0 Å². The molecule has 0 bridgehead atoms. The lowest BCUT2D eigenvalue weighted by Crippen LogP contribution is -2.19. The molecule has 2 rings (SSSR count). The number of benzene rings is 1. The van der Waals surface area contributed by atoms with Crippen LogP contribution in [0.25, 0.3) is 0 Å². The molecular weight excluding hydrogens is 188 g/mol. The molecule has 1 aliphatic carbocycles. The minimum atomic E-state index is 0.339. The molecule has 0 spiro atoms. The number of nitrogens with zero attached hydrogens (tertiary/aromatic N) is 1. The van der Waals surface area contributed by atoms with Gasteiger partial charge < -0.3 is 10.4 Å². The summed E-state index contributed by atoms with van der Waals surface area (Å²) in [4.78, 5) is 0. The van der Waals surface area contributed by atoms with Crippen molar-refractivity contribution in [2.24, 2.45) is 0 Å². The topological polar surface area (TPSA) is 56.0 Å². The summed E-state index contributed by atoms with van der Waals surface area (Å²) in [6.45, 7) is 0.738. The first kappa shape index (κ1) is 10.0. The van der Waals surface area contributed by atoms with Crippen LogP contribution in [0.3, 0.4) is 0 Å². The maximum atomic E-state index is 9.33. The maximum absolute atomic E-state index is 9.33. The van der Waals surface area contributed by atoms with Crippen LogP contribution in [0.4, 0.5) is 0 Å². The van der Waals surface area contributed by atoms with E-state index in [1.807, 2.05) is 12.1 Å². The van der Waals surface area contributed by atoms with Gasteiger partial charge in [-0.05, 0) is 36.1 Å². The minimum Gasteiger partial charge on any atom is -0.508 e. The molecule has 1 aliphatic rings. The minimum absolute atomic E-state index is 0.339. The molecule has 0 heterocycles. The Kier molecular flexibility index (Phi) is 2.89. The van der Waals surface area contributed by atoms with Crippen LogP contribution in [0.5, 0.6) is 5.75 Å². The van der Waals surface area contributed by atoms with Crippen molar-refractivity contribution in [1.29, 1.82) is 5.26 Å². The lowest BCUT2D eigenvalue weighted by Gasteiger charge is -2.12. The molecule has 0 aliphatic heterocycles. The van der Waals surface area contributed by atoms with E-state index in [0.29, 0.717) is 18.2 Å². The molecule has 0 fully saturated rings. The van der Waals surface area contributed by atoms with E-state index < -0.39 is 0 Å². The first-order valence-electron chi connectivity index (χ1n) is 5.23. The van der Waals surface area contributed by atoms with E-state index >= 15 is 0 Å². The van der Waals surface area contributed by atoms with Crippen molar-refractivity contribution in [3.63, 3.8) is 0 Å². The van der Waals surface area contributed by atoms with Crippen molar-refractivity contribution in [1.82, 2.24) is 5.32 Å². The number of hydrogen-bond acceptors (Lipinski definition) is 3. The third-order valence-electron chi connectivity index (χ3n) is 2.83. The lowest BCUT2D eigenvalue weighted by molar-refractivity contribution is 0.474. The zero-order chi connectivity index (χ0) is 10.7. The number of aromatic hydroxyl groups is 1. The first-order valence-corrected chi connectivity index (χ1v) is 5.23. The quantitative estimate of drug-likeness (QED) is 0.736. The van der Waals surface area contributed by atoms with Gasteiger partial charge in [0.1, 0.15) is 5.75 Å². The summed E-state index contributed by atoms with van der Waals surface area (Å²) in [5.41, 5.74) is 2.50. The van der Waals surface area contributed by atoms with Gasteiger partial charge in [-0.2, -0.15) is 5.26 Å². The molecule has 3 nitrogen and oxygen atoms in total. The van der Waals surface area contributed by atoms with E-state index in [0.717, 1.165) is 19.4 Å². The average molecular weight is 202 g/mol. The molecule has 78 valence electrons. The maximum Gasteiger partial charge on any atom is 0.115 e. The molecule has 0 aromatic heterocycles. The molecule has 1 unspecified atom stereocenters. The Morgan fingerprint density at radius 2 is 2.40 bits per heavy atom. The number of fused-ring (bicyclic) bond motifs is 1. The fraction of sp³-hybridized carbons (Fsp3) is 0.417. The molecule has 0 saturated carbocycles. The third-order valence-corrected chi connectivity index (χ3v) is 2.83. The second-order valence-electron chi connectivity index (χ2n) is 3.84. The highest BCUT2D eigenvalue weighted by molar-refractivity contribution is 5.39. The number of nitriles is 1. The predicted molar refractivity (Wildman–Crippen MR) is 57.4 cm³/mol. The van der Waals surface area contributed by atoms with Gasteiger partial charge in [0.05, 0.1) is 6.07 Å². The number of phenols is 1. The summed E-state index contributed by atoms with van der Waals surface area (Å²) in [5, 5.41) is 21.1. The van der Waals surface area contributed by atoms with Gasteiger partial charge in [-0.3, -0.25) is 0 Å². The van der Waals surface area contributed by atoms with Crippen LogP contribution in [0.15, 0.2) is 18.2 Å². The molecule has 0 amide bonds.